The van der Waals surface area contributed by atoms with Crippen molar-refractivity contribution >= 4 is 17.6 Å². The van der Waals surface area contributed by atoms with Crippen molar-refractivity contribution in [2.45, 2.75) is 6.61 Å². The molecule has 0 atom stereocenters. The first-order chi connectivity index (χ1) is 10.2. The van der Waals surface area contributed by atoms with Gasteiger partial charge in [0, 0.05) is 10.6 Å². The fourth-order valence-corrected chi connectivity index (χ4v) is 2.00. The zero-order valence-corrected chi connectivity index (χ0v) is 12.5. The number of carbonyl (C=O) groups is 1. The Morgan fingerprint density at radius 3 is 2.52 bits per heavy atom. The van der Waals surface area contributed by atoms with Gasteiger partial charge in [0.05, 0.1) is 19.8 Å². The van der Waals surface area contributed by atoms with Crippen LogP contribution in [0.5, 0.6) is 11.5 Å². The van der Waals surface area contributed by atoms with Crippen LogP contribution in [0, 0.1) is 0 Å². The second kappa shape index (κ2) is 6.99. The Morgan fingerprint density at radius 1 is 1.10 bits per heavy atom. The molecule has 0 saturated carbocycles. The number of rotatable bonds is 5. The Morgan fingerprint density at radius 2 is 1.86 bits per heavy atom. The van der Waals surface area contributed by atoms with Crippen molar-refractivity contribution in [2.24, 2.45) is 0 Å². The van der Waals surface area contributed by atoms with Crippen molar-refractivity contribution in [2.75, 3.05) is 14.2 Å². The molecule has 0 aliphatic carbocycles. The molecule has 0 N–H and O–H groups in total. The van der Waals surface area contributed by atoms with Crippen molar-refractivity contribution in [3.63, 3.8) is 0 Å². The Labute approximate surface area is 128 Å². The van der Waals surface area contributed by atoms with E-state index in [2.05, 4.69) is 0 Å². The number of ether oxygens (including phenoxy) is 3. The van der Waals surface area contributed by atoms with E-state index in [-0.39, 0.29) is 6.61 Å². The first-order valence-corrected chi connectivity index (χ1v) is 6.66. The fourth-order valence-electron chi connectivity index (χ4n) is 1.81. The minimum atomic E-state index is -0.430. The van der Waals surface area contributed by atoms with Crippen molar-refractivity contribution in [3.8, 4) is 11.5 Å². The number of esters is 1. The van der Waals surface area contributed by atoms with E-state index >= 15 is 0 Å². The standard InChI is InChI=1S/C16H15ClO4/c1-19-14-8-7-11(16(18)20-2)9-15(14)21-10-12-5-3-4-6-13(12)17/h3-9H,10H2,1-2H3. The average Bonchev–Trinajstić information content (AvgIpc) is 2.53. The molecule has 4 nitrogen and oxygen atoms in total. The third kappa shape index (κ3) is 3.67. The summed E-state index contributed by atoms with van der Waals surface area (Å²) < 4.78 is 15.6. The first kappa shape index (κ1) is 15.2. The normalized spacial score (nSPS) is 10.0. The maximum Gasteiger partial charge on any atom is 0.337 e. The Hall–Kier alpha value is -2.20. The smallest absolute Gasteiger partial charge is 0.337 e. The summed E-state index contributed by atoms with van der Waals surface area (Å²) in [4.78, 5) is 11.6. The van der Waals surface area contributed by atoms with E-state index in [1.807, 2.05) is 18.2 Å². The van der Waals surface area contributed by atoms with Gasteiger partial charge in [0.15, 0.2) is 11.5 Å². The number of halogens is 1. The zero-order valence-electron chi connectivity index (χ0n) is 11.8. The number of carbonyl (C=O) groups excluding carboxylic acids is 1. The summed E-state index contributed by atoms with van der Waals surface area (Å²) >= 11 is 6.08. The first-order valence-electron chi connectivity index (χ1n) is 6.28. The van der Waals surface area contributed by atoms with Gasteiger partial charge in [0.2, 0.25) is 0 Å². The van der Waals surface area contributed by atoms with Gasteiger partial charge >= 0.3 is 5.97 Å². The molecule has 2 aromatic carbocycles. The van der Waals surface area contributed by atoms with E-state index in [0.29, 0.717) is 22.1 Å². The van der Waals surface area contributed by atoms with Crippen LogP contribution in [0.4, 0.5) is 0 Å². The molecular weight excluding hydrogens is 292 g/mol. The summed E-state index contributed by atoms with van der Waals surface area (Å²) in [7, 11) is 2.87. The van der Waals surface area contributed by atoms with Gasteiger partial charge < -0.3 is 14.2 Å². The number of hydrogen-bond donors (Lipinski definition) is 0. The molecule has 0 fully saturated rings. The second-order valence-corrected chi connectivity index (χ2v) is 4.64. The molecule has 0 bridgehead atoms. The molecule has 2 aromatic rings. The molecule has 0 heterocycles. The van der Waals surface area contributed by atoms with E-state index < -0.39 is 5.97 Å². The minimum absolute atomic E-state index is 0.278. The van der Waals surface area contributed by atoms with Gasteiger partial charge in [-0.05, 0) is 24.3 Å². The van der Waals surface area contributed by atoms with Gasteiger partial charge in [-0.3, -0.25) is 0 Å². The highest BCUT2D eigenvalue weighted by Gasteiger charge is 2.12. The SMILES string of the molecule is COC(=O)c1ccc(OC)c(OCc2ccccc2Cl)c1. The van der Waals surface area contributed by atoms with Crippen LogP contribution in [0.2, 0.25) is 5.02 Å². The molecule has 0 aliphatic heterocycles. The van der Waals surface area contributed by atoms with E-state index in [0.717, 1.165) is 5.56 Å². The van der Waals surface area contributed by atoms with E-state index in [1.54, 1.807) is 24.3 Å². The van der Waals surface area contributed by atoms with Crippen LogP contribution in [-0.4, -0.2) is 20.2 Å². The summed E-state index contributed by atoms with van der Waals surface area (Å²) in [6, 6.07) is 12.3. The molecule has 0 saturated heterocycles. The van der Waals surface area contributed by atoms with Crippen molar-refractivity contribution in [1.82, 2.24) is 0 Å². The molecule has 0 aromatic heterocycles. The van der Waals surface area contributed by atoms with Crippen LogP contribution in [0.15, 0.2) is 42.5 Å². The summed E-state index contributed by atoms with van der Waals surface area (Å²) in [5, 5.41) is 0.626. The van der Waals surface area contributed by atoms with Gasteiger partial charge in [-0.1, -0.05) is 29.8 Å². The molecule has 0 radical (unpaired) electrons. The maximum absolute atomic E-state index is 11.6. The quantitative estimate of drug-likeness (QED) is 0.790. The van der Waals surface area contributed by atoms with Gasteiger partial charge in [0.25, 0.3) is 0 Å². The Bertz CT molecular complexity index is 640. The highest BCUT2D eigenvalue weighted by atomic mass is 35.5. The van der Waals surface area contributed by atoms with Gasteiger partial charge in [-0.15, -0.1) is 0 Å². The summed E-state index contributed by atoms with van der Waals surface area (Å²) in [5.74, 6) is 0.565. The van der Waals surface area contributed by atoms with E-state index in [4.69, 9.17) is 25.8 Å². The van der Waals surface area contributed by atoms with E-state index in [9.17, 15) is 4.79 Å². The third-order valence-corrected chi connectivity index (χ3v) is 3.29. The monoisotopic (exact) mass is 306 g/mol. The highest BCUT2D eigenvalue weighted by molar-refractivity contribution is 6.31. The molecule has 0 unspecified atom stereocenters. The number of hydrogen-bond acceptors (Lipinski definition) is 4. The Balaban J connectivity index is 2.21. The third-order valence-electron chi connectivity index (χ3n) is 2.93. The molecule has 21 heavy (non-hydrogen) atoms. The molecule has 5 heteroatoms. The highest BCUT2D eigenvalue weighted by Crippen LogP contribution is 2.29. The van der Waals surface area contributed by atoms with Crippen LogP contribution in [0.1, 0.15) is 15.9 Å². The molecule has 0 aliphatic rings. The minimum Gasteiger partial charge on any atom is -0.493 e. The molecule has 0 spiro atoms. The summed E-state index contributed by atoms with van der Waals surface area (Å²) in [6.07, 6.45) is 0. The lowest BCUT2D eigenvalue weighted by atomic mass is 10.2. The van der Waals surface area contributed by atoms with Crippen LogP contribution in [-0.2, 0) is 11.3 Å². The van der Waals surface area contributed by atoms with Crippen LogP contribution >= 0.6 is 11.6 Å². The second-order valence-electron chi connectivity index (χ2n) is 4.24. The van der Waals surface area contributed by atoms with Crippen LogP contribution in [0.3, 0.4) is 0 Å². The predicted octanol–water partition coefficient (Wildman–Crippen LogP) is 3.71. The lowest BCUT2D eigenvalue weighted by Gasteiger charge is -2.12. The van der Waals surface area contributed by atoms with Crippen molar-refractivity contribution < 1.29 is 19.0 Å². The predicted molar refractivity (Wildman–Crippen MR) is 80.1 cm³/mol. The van der Waals surface area contributed by atoms with Gasteiger partial charge in [0.1, 0.15) is 6.61 Å². The molecular formula is C16H15ClO4. The lowest BCUT2D eigenvalue weighted by Crippen LogP contribution is -2.03. The molecule has 0 amide bonds. The average molecular weight is 307 g/mol. The number of benzene rings is 2. The maximum atomic E-state index is 11.6. The van der Waals surface area contributed by atoms with Gasteiger partial charge in [-0.25, -0.2) is 4.79 Å². The van der Waals surface area contributed by atoms with Crippen LogP contribution in [0.25, 0.3) is 0 Å². The van der Waals surface area contributed by atoms with Crippen LogP contribution < -0.4 is 9.47 Å². The largest absolute Gasteiger partial charge is 0.493 e. The lowest BCUT2D eigenvalue weighted by molar-refractivity contribution is 0.0600. The molecule has 110 valence electrons. The topological polar surface area (TPSA) is 44.8 Å². The van der Waals surface area contributed by atoms with Crippen molar-refractivity contribution in [3.05, 3.63) is 58.6 Å². The zero-order chi connectivity index (χ0) is 15.2. The number of methoxy groups -OCH3 is 2. The fraction of sp³-hybridized carbons (Fsp3) is 0.188. The van der Waals surface area contributed by atoms with E-state index in [1.165, 1.54) is 14.2 Å². The summed E-state index contributed by atoms with van der Waals surface area (Å²) in [5.41, 5.74) is 1.25. The summed E-state index contributed by atoms with van der Waals surface area (Å²) in [6.45, 7) is 0.278. The Kier molecular flexibility index (Phi) is 5.06. The molecule has 2 rings (SSSR count). The van der Waals surface area contributed by atoms with Gasteiger partial charge in [-0.2, -0.15) is 0 Å². The van der Waals surface area contributed by atoms with Crippen molar-refractivity contribution in [1.29, 1.82) is 0 Å².